The largest absolute Gasteiger partial charge is 0.291 e. The first-order valence-electron chi connectivity index (χ1n) is 12.9. The van der Waals surface area contributed by atoms with Crippen LogP contribution >= 0.6 is 0 Å². The fraction of sp³-hybridized carbons (Fsp3) is 0.481. The molecule has 0 radical (unpaired) electrons. The van der Waals surface area contributed by atoms with Gasteiger partial charge in [-0.15, -0.1) is 0 Å². The van der Waals surface area contributed by atoms with Crippen molar-refractivity contribution in [1.29, 1.82) is 0 Å². The Bertz CT molecular complexity index is 1410. The summed E-state index contributed by atoms with van der Waals surface area (Å²) in [7, 11) is -2.39. The molecule has 3 aromatic rings. The van der Waals surface area contributed by atoms with E-state index in [4.69, 9.17) is 4.98 Å². The van der Waals surface area contributed by atoms with Crippen LogP contribution < -0.4 is 15.7 Å². The van der Waals surface area contributed by atoms with E-state index in [2.05, 4.69) is 26.0 Å². The maximum Gasteiger partial charge on any atom is 0.260 e. The van der Waals surface area contributed by atoms with E-state index >= 15 is 0 Å². The number of benzene rings is 1. The first-order valence-corrected chi connectivity index (χ1v) is 14.8. The number of aryl methyl sites for hydroxylation is 1. The van der Waals surface area contributed by atoms with Gasteiger partial charge >= 0.3 is 0 Å². The molecule has 36 heavy (non-hydrogen) atoms. The average molecular weight is 509 g/mol. The van der Waals surface area contributed by atoms with E-state index < -0.39 is 9.71 Å². The van der Waals surface area contributed by atoms with Gasteiger partial charge in [-0.05, 0) is 61.1 Å². The molecule has 3 atom stereocenters. The lowest BCUT2D eigenvalue weighted by Crippen LogP contribution is -2.33. The van der Waals surface area contributed by atoms with Crippen molar-refractivity contribution in [2.45, 2.75) is 46.1 Å². The van der Waals surface area contributed by atoms with Crippen LogP contribution in [0.1, 0.15) is 38.2 Å². The second kappa shape index (κ2) is 10.3. The number of fused-ring (bicyclic) bond motifs is 2. The molecule has 0 spiro atoms. The molecule has 1 saturated heterocycles. The maximum atomic E-state index is 13.8. The molecule has 1 saturated carbocycles. The van der Waals surface area contributed by atoms with Crippen molar-refractivity contribution in [3.63, 3.8) is 0 Å². The Morgan fingerprint density at radius 3 is 2.64 bits per heavy atom. The normalized spacial score (nSPS) is 21.5. The molecule has 3 heterocycles. The van der Waals surface area contributed by atoms with Crippen molar-refractivity contribution in [2.75, 3.05) is 30.8 Å². The Morgan fingerprint density at radius 1 is 1.17 bits per heavy atom. The van der Waals surface area contributed by atoms with Gasteiger partial charge in [-0.3, -0.25) is 19.0 Å². The van der Waals surface area contributed by atoms with E-state index in [9.17, 15) is 9.00 Å². The average Bonchev–Trinajstić information content (AvgIpc) is 3.43. The van der Waals surface area contributed by atoms with Crippen molar-refractivity contribution >= 4 is 32.6 Å². The summed E-state index contributed by atoms with van der Waals surface area (Å²) in [6, 6.07) is 9.76. The number of nitrogens with one attached hydrogen (secondary N) is 2. The molecular formula is C27H36N6O2S. The minimum absolute atomic E-state index is 0.120. The van der Waals surface area contributed by atoms with Crippen LogP contribution in [0.25, 0.3) is 22.2 Å². The number of anilines is 1. The number of hydrazine groups is 1. The van der Waals surface area contributed by atoms with Gasteiger partial charge in [0.05, 0.1) is 0 Å². The summed E-state index contributed by atoms with van der Waals surface area (Å²) in [5.74, 6) is 6.33. The van der Waals surface area contributed by atoms with Gasteiger partial charge in [0.15, 0.2) is 0 Å². The lowest BCUT2D eigenvalue weighted by atomic mass is 10.0. The van der Waals surface area contributed by atoms with Crippen molar-refractivity contribution < 1.29 is 4.21 Å². The highest BCUT2D eigenvalue weighted by atomic mass is 32.2. The molecule has 9 heteroatoms. The van der Waals surface area contributed by atoms with Gasteiger partial charge in [0.25, 0.3) is 5.56 Å². The Kier molecular flexibility index (Phi) is 7.14. The lowest BCUT2D eigenvalue weighted by Gasteiger charge is -2.19. The number of hydrogen-bond acceptors (Lipinski definition) is 6. The number of nitrogens with zero attached hydrogens (tertiary/aromatic N) is 4. The van der Waals surface area contributed by atoms with Crippen LogP contribution in [-0.2, 0) is 16.3 Å². The van der Waals surface area contributed by atoms with Gasteiger partial charge in [0, 0.05) is 58.8 Å². The Balaban J connectivity index is 1.49. The zero-order valence-electron chi connectivity index (χ0n) is 21.2. The van der Waals surface area contributed by atoms with Gasteiger partial charge in [0.1, 0.15) is 5.65 Å². The Morgan fingerprint density at radius 2 is 1.92 bits per heavy atom. The molecule has 192 valence electrons. The van der Waals surface area contributed by atoms with Crippen LogP contribution in [0.4, 0.5) is 5.95 Å². The van der Waals surface area contributed by atoms with Gasteiger partial charge in [-0.2, -0.15) is 4.98 Å². The predicted octanol–water partition coefficient (Wildman–Crippen LogP) is 3.46. The molecule has 0 bridgehead atoms. The maximum absolute atomic E-state index is 13.8. The smallest absolute Gasteiger partial charge is 0.260 e. The van der Waals surface area contributed by atoms with Gasteiger partial charge in [0.2, 0.25) is 5.95 Å². The van der Waals surface area contributed by atoms with E-state index in [1.165, 1.54) is 19.3 Å². The van der Waals surface area contributed by atoms with Crippen LogP contribution in [0.5, 0.6) is 0 Å². The molecule has 8 nitrogen and oxygen atoms in total. The van der Waals surface area contributed by atoms with Gasteiger partial charge < -0.3 is 0 Å². The zero-order valence-corrected chi connectivity index (χ0v) is 22.0. The summed E-state index contributed by atoms with van der Waals surface area (Å²) >= 11 is 0. The summed E-state index contributed by atoms with van der Waals surface area (Å²) in [5, 5.41) is 3.00. The van der Waals surface area contributed by atoms with E-state index in [-0.39, 0.29) is 5.56 Å². The van der Waals surface area contributed by atoms with E-state index in [0.29, 0.717) is 36.0 Å². The minimum Gasteiger partial charge on any atom is -0.291 e. The van der Waals surface area contributed by atoms with Crippen LogP contribution in [0.2, 0.25) is 0 Å². The molecular weight excluding hydrogens is 472 g/mol. The monoisotopic (exact) mass is 508 g/mol. The molecule has 1 aliphatic heterocycles. The zero-order chi connectivity index (χ0) is 25.3. The van der Waals surface area contributed by atoms with Crippen LogP contribution in [0, 0.1) is 18.8 Å². The van der Waals surface area contributed by atoms with Gasteiger partial charge in [-0.25, -0.2) is 14.7 Å². The number of hydrogen-bond donors (Lipinski definition) is 2. The highest BCUT2D eigenvalue weighted by molar-refractivity contribution is 7.98. The molecule has 0 amide bonds. The highest BCUT2D eigenvalue weighted by Gasteiger charge is 2.36. The molecule has 5 rings (SSSR count). The van der Waals surface area contributed by atoms with Crippen molar-refractivity contribution in [2.24, 2.45) is 11.8 Å². The third-order valence-corrected chi connectivity index (χ3v) is 9.28. The standard InChI is InChI=1S/C27H36N6O2S/c1-4-14-36(3,35)29-12-13-33-25-22(15-24(26(33)34)23-11-6-5-8-19(23)2)16-28-27(30-25)31-32-17-20-9-7-10-21(20)18-32/h5-6,8,11,15-16,20-21H,3-4,7,9-10,12-14,17-18H2,1-2H3,(H,29,35)(H,28,30,31). The molecule has 2 aliphatic rings. The number of pyridine rings is 1. The summed E-state index contributed by atoms with van der Waals surface area (Å²) in [6.45, 7) is 6.68. The number of rotatable bonds is 9. The topological polar surface area (TPSA) is 92.1 Å². The quantitative estimate of drug-likeness (QED) is 0.430. The van der Waals surface area contributed by atoms with Crippen LogP contribution in [0.3, 0.4) is 0 Å². The Labute approximate surface area is 213 Å². The third kappa shape index (κ3) is 5.19. The summed E-state index contributed by atoms with van der Waals surface area (Å²) in [6.07, 6.45) is 6.49. The van der Waals surface area contributed by atoms with Crippen molar-refractivity contribution in [1.82, 2.24) is 24.3 Å². The van der Waals surface area contributed by atoms with Crippen LogP contribution in [0.15, 0.2) is 41.3 Å². The SMILES string of the molecule is C=S(=O)(CCC)NCCn1c(=O)c(-c2ccccc2C)cc2cnc(NN3CC4CCCC4C3)nc21. The molecule has 2 aromatic heterocycles. The molecule has 2 N–H and O–H groups in total. The van der Waals surface area contributed by atoms with E-state index in [1.807, 2.05) is 44.2 Å². The summed E-state index contributed by atoms with van der Waals surface area (Å²) < 4.78 is 17.4. The first-order chi connectivity index (χ1) is 17.3. The third-order valence-electron chi connectivity index (χ3n) is 7.48. The summed E-state index contributed by atoms with van der Waals surface area (Å²) in [4.78, 5) is 23.1. The first kappa shape index (κ1) is 24.9. The van der Waals surface area contributed by atoms with E-state index in [1.54, 1.807) is 10.8 Å². The second-order valence-electron chi connectivity index (χ2n) is 10.2. The van der Waals surface area contributed by atoms with Gasteiger partial charge in [-0.1, -0.05) is 37.6 Å². The molecule has 1 aliphatic carbocycles. The lowest BCUT2D eigenvalue weighted by molar-refractivity contribution is 0.369. The molecule has 1 aromatic carbocycles. The summed E-state index contributed by atoms with van der Waals surface area (Å²) in [5.41, 5.74) is 6.37. The molecule has 3 unspecified atom stereocenters. The Hall–Kier alpha value is -2.75. The molecule has 2 fully saturated rings. The highest BCUT2D eigenvalue weighted by Crippen LogP contribution is 2.37. The van der Waals surface area contributed by atoms with Crippen molar-refractivity contribution in [3.8, 4) is 11.1 Å². The predicted molar refractivity (Wildman–Crippen MR) is 148 cm³/mol. The van der Waals surface area contributed by atoms with Crippen molar-refractivity contribution in [3.05, 3.63) is 52.4 Å². The minimum atomic E-state index is -2.39. The fourth-order valence-corrected chi connectivity index (χ4v) is 6.97. The fourth-order valence-electron chi connectivity index (χ4n) is 5.70. The number of aromatic nitrogens is 3. The van der Waals surface area contributed by atoms with Crippen LogP contribution in [-0.4, -0.2) is 55.0 Å². The second-order valence-corrected chi connectivity index (χ2v) is 12.5. The van der Waals surface area contributed by atoms with E-state index in [0.717, 1.165) is 47.9 Å².